The molecule has 2 nitrogen and oxygen atoms in total. The largest absolute Gasteiger partial charge is 0.354 e. The van der Waals surface area contributed by atoms with E-state index >= 15 is 0 Å². The lowest BCUT2D eigenvalue weighted by Crippen LogP contribution is -2.36. The van der Waals surface area contributed by atoms with Crippen molar-refractivity contribution in [3.05, 3.63) is 22.8 Å². The van der Waals surface area contributed by atoms with Crippen molar-refractivity contribution in [3.63, 3.8) is 0 Å². The van der Waals surface area contributed by atoms with Gasteiger partial charge in [0.15, 0.2) is 0 Å². The van der Waals surface area contributed by atoms with Gasteiger partial charge in [0.05, 0.1) is 9.85 Å². The quantitative estimate of drug-likeness (QED) is 0.732. The molecule has 76 valence electrons. The molecule has 1 aromatic rings. The van der Waals surface area contributed by atoms with Crippen LogP contribution in [-0.2, 0) is 0 Å². The maximum Gasteiger partial charge on any atom is 0.142 e. The summed E-state index contributed by atoms with van der Waals surface area (Å²) in [6.07, 6.45) is 4.08. The van der Waals surface area contributed by atoms with E-state index in [0.29, 0.717) is 0 Å². The van der Waals surface area contributed by atoms with Gasteiger partial charge in [-0.25, -0.2) is 4.98 Å². The highest BCUT2D eigenvalue weighted by Crippen LogP contribution is 2.26. The van der Waals surface area contributed by atoms with Crippen LogP contribution in [0.1, 0.15) is 12.8 Å². The second-order valence-electron chi connectivity index (χ2n) is 3.49. The summed E-state index contributed by atoms with van der Waals surface area (Å²) >= 11 is 9.63. The van der Waals surface area contributed by atoms with E-state index in [1.165, 1.54) is 0 Å². The molecule has 1 atom stereocenters. The fraction of sp³-hybridized carbons (Fsp3) is 0.500. The van der Waals surface area contributed by atoms with Crippen LogP contribution < -0.4 is 4.90 Å². The molecule has 0 amide bonds. The Balaban J connectivity index is 2.18. The summed E-state index contributed by atoms with van der Waals surface area (Å²) in [6.45, 7) is 1.95. The Hall–Kier alpha value is -0.280. The summed E-state index contributed by atoms with van der Waals surface area (Å²) in [7, 11) is 0. The molecule has 2 rings (SSSR count). The lowest BCUT2D eigenvalue weighted by Gasteiger charge is -2.31. The Morgan fingerprint density at radius 2 is 2.43 bits per heavy atom. The van der Waals surface area contributed by atoms with Crippen LogP contribution in [0, 0.1) is 0 Å². The van der Waals surface area contributed by atoms with Crippen LogP contribution in [0.5, 0.6) is 0 Å². The van der Waals surface area contributed by atoms with E-state index in [1.807, 2.05) is 18.3 Å². The van der Waals surface area contributed by atoms with E-state index in [2.05, 4.69) is 25.8 Å². The highest BCUT2D eigenvalue weighted by atomic mass is 79.9. The molecule has 0 aliphatic carbocycles. The summed E-state index contributed by atoms with van der Waals surface area (Å²) in [5, 5.41) is 0.262. The van der Waals surface area contributed by atoms with Gasteiger partial charge in [0.2, 0.25) is 0 Å². The third-order valence-electron chi connectivity index (χ3n) is 2.40. The van der Waals surface area contributed by atoms with Crippen LogP contribution in [0.15, 0.2) is 22.8 Å². The van der Waals surface area contributed by atoms with Crippen LogP contribution in [0.25, 0.3) is 0 Å². The van der Waals surface area contributed by atoms with Gasteiger partial charge >= 0.3 is 0 Å². The average molecular weight is 276 g/mol. The SMILES string of the molecule is ClC1CCCN(c2ncccc2Br)C1. The fourth-order valence-electron chi connectivity index (χ4n) is 1.73. The molecule has 0 spiro atoms. The van der Waals surface area contributed by atoms with Crippen LogP contribution in [0.4, 0.5) is 5.82 Å². The van der Waals surface area contributed by atoms with Gasteiger partial charge in [-0.15, -0.1) is 11.6 Å². The number of halogens is 2. The summed E-state index contributed by atoms with van der Waals surface area (Å²) in [4.78, 5) is 6.60. The first-order valence-corrected chi connectivity index (χ1v) is 6.00. The van der Waals surface area contributed by atoms with Gasteiger partial charge in [-0.3, -0.25) is 0 Å². The molecular weight excluding hydrogens is 263 g/mol. The number of hydrogen-bond acceptors (Lipinski definition) is 2. The minimum atomic E-state index is 0.262. The van der Waals surface area contributed by atoms with Crippen molar-refractivity contribution in [2.24, 2.45) is 0 Å². The zero-order valence-electron chi connectivity index (χ0n) is 7.79. The van der Waals surface area contributed by atoms with Gasteiger partial charge in [-0.05, 0) is 40.9 Å². The number of piperidine rings is 1. The maximum atomic E-state index is 6.13. The number of alkyl halides is 1. The van der Waals surface area contributed by atoms with Crippen molar-refractivity contribution in [3.8, 4) is 0 Å². The van der Waals surface area contributed by atoms with E-state index in [9.17, 15) is 0 Å². The van der Waals surface area contributed by atoms with Gasteiger partial charge in [0, 0.05) is 19.3 Å². The van der Waals surface area contributed by atoms with E-state index in [1.54, 1.807) is 0 Å². The Bertz CT molecular complexity index is 319. The fourth-order valence-corrected chi connectivity index (χ4v) is 2.55. The maximum absolute atomic E-state index is 6.13. The number of rotatable bonds is 1. The lowest BCUT2D eigenvalue weighted by molar-refractivity contribution is 0.579. The number of pyridine rings is 1. The Morgan fingerprint density at radius 3 is 3.14 bits per heavy atom. The van der Waals surface area contributed by atoms with Crippen molar-refractivity contribution >= 4 is 33.3 Å². The highest BCUT2D eigenvalue weighted by Gasteiger charge is 2.20. The molecule has 0 radical (unpaired) electrons. The summed E-state index contributed by atoms with van der Waals surface area (Å²) in [5.41, 5.74) is 0. The molecule has 1 aliphatic heterocycles. The second-order valence-corrected chi connectivity index (χ2v) is 4.97. The van der Waals surface area contributed by atoms with Gasteiger partial charge < -0.3 is 4.90 Å². The molecule has 4 heteroatoms. The van der Waals surface area contributed by atoms with E-state index in [0.717, 1.165) is 36.2 Å². The summed E-state index contributed by atoms with van der Waals surface area (Å²) in [5.74, 6) is 1.01. The first-order chi connectivity index (χ1) is 6.77. The van der Waals surface area contributed by atoms with Crippen LogP contribution >= 0.6 is 27.5 Å². The Labute approximate surface area is 97.4 Å². The molecule has 0 saturated carbocycles. The summed E-state index contributed by atoms with van der Waals surface area (Å²) in [6, 6.07) is 3.94. The molecule has 1 unspecified atom stereocenters. The molecule has 0 aromatic carbocycles. The van der Waals surface area contributed by atoms with Crippen LogP contribution in [-0.4, -0.2) is 23.5 Å². The van der Waals surface area contributed by atoms with Gasteiger partial charge in [0.1, 0.15) is 5.82 Å². The molecule has 1 aromatic heterocycles. The van der Waals surface area contributed by atoms with Crippen molar-refractivity contribution < 1.29 is 0 Å². The Morgan fingerprint density at radius 1 is 1.57 bits per heavy atom. The van der Waals surface area contributed by atoms with Gasteiger partial charge in [0.25, 0.3) is 0 Å². The predicted molar refractivity (Wildman–Crippen MR) is 63.0 cm³/mol. The number of anilines is 1. The molecule has 14 heavy (non-hydrogen) atoms. The summed E-state index contributed by atoms with van der Waals surface area (Å²) < 4.78 is 1.05. The van der Waals surface area contributed by atoms with Crippen LogP contribution in [0.3, 0.4) is 0 Å². The van der Waals surface area contributed by atoms with Crippen molar-refractivity contribution in [1.82, 2.24) is 4.98 Å². The smallest absolute Gasteiger partial charge is 0.142 e. The third-order valence-corrected chi connectivity index (χ3v) is 3.38. The van der Waals surface area contributed by atoms with Gasteiger partial charge in [-0.1, -0.05) is 0 Å². The topological polar surface area (TPSA) is 16.1 Å². The molecule has 1 aliphatic rings. The zero-order chi connectivity index (χ0) is 9.97. The molecule has 1 fully saturated rings. The van der Waals surface area contributed by atoms with Crippen LogP contribution in [0.2, 0.25) is 0 Å². The van der Waals surface area contributed by atoms with Gasteiger partial charge in [-0.2, -0.15) is 0 Å². The molecule has 0 bridgehead atoms. The lowest BCUT2D eigenvalue weighted by atomic mass is 10.1. The normalized spacial score (nSPS) is 22.4. The van der Waals surface area contributed by atoms with E-state index in [4.69, 9.17) is 11.6 Å². The standard InChI is InChI=1S/C10H12BrClN2/c11-9-4-1-5-13-10(9)14-6-2-3-8(12)7-14/h1,4-5,8H,2-3,6-7H2. The Kier molecular flexibility index (Phi) is 3.29. The average Bonchev–Trinajstić information content (AvgIpc) is 2.18. The monoisotopic (exact) mass is 274 g/mol. The second kappa shape index (κ2) is 4.49. The molecular formula is C10H12BrClN2. The predicted octanol–water partition coefficient (Wildman–Crippen LogP) is 3.05. The zero-order valence-corrected chi connectivity index (χ0v) is 10.1. The minimum Gasteiger partial charge on any atom is -0.354 e. The number of hydrogen-bond donors (Lipinski definition) is 0. The van der Waals surface area contributed by atoms with E-state index < -0.39 is 0 Å². The van der Waals surface area contributed by atoms with Crippen molar-refractivity contribution in [2.45, 2.75) is 18.2 Å². The first kappa shape index (κ1) is 10.2. The van der Waals surface area contributed by atoms with Crippen molar-refractivity contribution in [1.29, 1.82) is 0 Å². The molecule has 1 saturated heterocycles. The molecule has 0 N–H and O–H groups in total. The minimum absolute atomic E-state index is 0.262. The number of nitrogens with zero attached hydrogens (tertiary/aromatic N) is 2. The first-order valence-electron chi connectivity index (χ1n) is 4.77. The highest BCUT2D eigenvalue weighted by molar-refractivity contribution is 9.10. The molecule has 2 heterocycles. The van der Waals surface area contributed by atoms with Crippen molar-refractivity contribution in [2.75, 3.05) is 18.0 Å². The number of aromatic nitrogens is 1. The third kappa shape index (κ3) is 2.20. The van der Waals surface area contributed by atoms with E-state index in [-0.39, 0.29) is 5.38 Å².